The zero-order valence-corrected chi connectivity index (χ0v) is 17.6. The van der Waals surface area contributed by atoms with Gasteiger partial charge in [-0.1, -0.05) is 53.6 Å². The standard InChI is InChI=1S/C26H24N2O2/c1-16-9-11-19(12-10-16)23-15-21(20-14-17(2)13-18(3)25(20)27-23)26(29)28-22-7-5-6-8-24(22)30-4/h5-15H,1-4H3,(H,28,29). The zero-order valence-electron chi connectivity index (χ0n) is 17.6. The predicted octanol–water partition coefficient (Wildman–Crippen LogP) is 6.09. The zero-order chi connectivity index (χ0) is 21.3. The molecule has 0 aliphatic heterocycles. The fraction of sp³-hybridized carbons (Fsp3) is 0.154. The Bertz CT molecular complexity index is 1240. The van der Waals surface area contributed by atoms with Crippen LogP contribution in [-0.2, 0) is 0 Å². The first kappa shape index (κ1) is 19.6. The van der Waals surface area contributed by atoms with Crippen LogP contribution in [0.5, 0.6) is 5.75 Å². The maximum atomic E-state index is 13.4. The van der Waals surface area contributed by atoms with Crippen molar-refractivity contribution in [2.24, 2.45) is 0 Å². The molecule has 1 heterocycles. The number of hydrogen-bond donors (Lipinski definition) is 1. The number of aryl methyl sites for hydroxylation is 3. The van der Waals surface area contributed by atoms with E-state index in [4.69, 9.17) is 9.72 Å². The van der Waals surface area contributed by atoms with E-state index in [0.29, 0.717) is 17.0 Å². The maximum absolute atomic E-state index is 13.4. The van der Waals surface area contributed by atoms with Crippen LogP contribution in [0, 0.1) is 20.8 Å². The minimum absolute atomic E-state index is 0.190. The number of carbonyl (C=O) groups is 1. The number of pyridine rings is 1. The second kappa shape index (κ2) is 7.99. The van der Waals surface area contributed by atoms with Gasteiger partial charge in [-0.05, 0) is 50.6 Å². The minimum Gasteiger partial charge on any atom is -0.495 e. The van der Waals surface area contributed by atoms with E-state index in [1.54, 1.807) is 7.11 Å². The van der Waals surface area contributed by atoms with Gasteiger partial charge in [0.2, 0.25) is 0 Å². The SMILES string of the molecule is COc1ccccc1NC(=O)c1cc(-c2ccc(C)cc2)nc2c(C)cc(C)cc12. The number of fused-ring (bicyclic) bond motifs is 1. The molecule has 4 aromatic rings. The largest absolute Gasteiger partial charge is 0.495 e. The molecule has 0 aliphatic rings. The van der Waals surface area contributed by atoms with E-state index < -0.39 is 0 Å². The molecule has 30 heavy (non-hydrogen) atoms. The average Bonchev–Trinajstić information content (AvgIpc) is 2.74. The summed E-state index contributed by atoms with van der Waals surface area (Å²) in [6.45, 7) is 6.11. The molecule has 0 bridgehead atoms. The second-order valence-electron chi connectivity index (χ2n) is 7.55. The van der Waals surface area contributed by atoms with Crippen molar-refractivity contribution in [1.82, 2.24) is 4.98 Å². The first-order valence-corrected chi connectivity index (χ1v) is 9.89. The summed E-state index contributed by atoms with van der Waals surface area (Å²) in [6.07, 6.45) is 0. The molecule has 0 spiro atoms. The van der Waals surface area contributed by atoms with Crippen LogP contribution in [0.4, 0.5) is 5.69 Å². The quantitative estimate of drug-likeness (QED) is 0.454. The van der Waals surface area contributed by atoms with Crippen LogP contribution in [0.25, 0.3) is 22.2 Å². The summed E-state index contributed by atoms with van der Waals surface area (Å²) in [6, 6.07) is 21.6. The van der Waals surface area contributed by atoms with Crippen LogP contribution in [0.3, 0.4) is 0 Å². The van der Waals surface area contributed by atoms with Crippen molar-refractivity contribution < 1.29 is 9.53 Å². The molecule has 0 aliphatic carbocycles. The Balaban J connectivity index is 1.88. The summed E-state index contributed by atoms with van der Waals surface area (Å²) in [7, 11) is 1.59. The van der Waals surface area contributed by atoms with Gasteiger partial charge in [-0.2, -0.15) is 0 Å². The molecule has 4 rings (SSSR count). The molecule has 1 aromatic heterocycles. The maximum Gasteiger partial charge on any atom is 0.256 e. The normalized spacial score (nSPS) is 10.8. The Morgan fingerprint density at radius 2 is 1.63 bits per heavy atom. The predicted molar refractivity (Wildman–Crippen MR) is 122 cm³/mol. The van der Waals surface area contributed by atoms with Crippen LogP contribution in [0.1, 0.15) is 27.0 Å². The first-order chi connectivity index (χ1) is 14.5. The summed E-state index contributed by atoms with van der Waals surface area (Å²) >= 11 is 0. The number of para-hydroxylation sites is 2. The molecule has 0 radical (unpaired) electrons. The van der Waals surface area contributed by atoms with Crippen molar-refractivity contribution in [2.75, 3.05) is 12.4 Å². The van der Waals surface area contributed by atoms with Gasteiger partial charge in [-0.25, -0.2) is 4.98 Å². The van der Waals surface area contributed by atoms with Crippen molar-refractivity contribution in [2.45, 2.75) is 20.8 Å². The van der Waals surface area contributed by atoms with Crippen LogP contribution in [0.15, 0.2) is 66.7 Å². The highest BCUT2D eigenvalue weighted by Gasteiger charge is 2.17. The molecular formula is C26H24N2O2. The number of ether oxygens (including phenoxy) is 1. The average molecular weight is 396 g/mol. The number of carbonyl (C=O) groups excluding carboxylic acids is 1. The van der Waals surface area contributed by atoms with Gasteiger partial charge >= 0.3 is 0 Å². The van der Waals surface area contributed by atoms with E-state index in [0.717, 1.165) is 33.3 Å². The smallest absolute Gasteiger partial charge is 0.256 e. The lowest BCUT2D eigenvalue weighted by Crippen LogP contribution is -2.14. The highest BCUT2D eigenvalue weighted by Crippen LogP contribution is 2.30. The minimum atomic E-state index is -0.190. The Morgan fingerprint density at radius 3 is 2.37 bits per heavy atom. The number of rotatable bonds is 4. The Kier molecular flexibility index (Phi) is 5.23. The molecule has 4 heteroatoms. The second-order valence-corrected chi connectivity index (χ2v) is 7.55. The summed E-state index contributed by atoms with van der Waals surface area (Å²) < 4.78 is 5.38. The molecule has 0 atom stereocenters. The Labute approximate surface area is 176 Å². The molecule has 0 saturated heterocycles. The van der Waals surface area contributed by atoms with Gasteiger partial charge in [0.05, 0.1) is 29.6 Å². The number of amides is 1. The third-order valence-electron chi connectivity index (χ3n) is 5.20. The lowest BCUT2D eigenvalue weighted by Gasteiger charge is -2.14. The topological polar surface area (TPSA) is 51.2 Å². The third-order valence-corrected chi connectivity index (χ3v) is 5.20. The van der Waals surface area contributed by atoms with Crippen molar-refractivity contribution in [3.05, 3.63) is 89.0 Å². The molecular weight excluding hydrogens is 372 g/mol. The van der Waals surface area contributed by atoms with E-state index in [-0.39, 0.29) is 5.91 Å². The fourth-order valence-electron chi connectivity index (χ4n) is 3.68. The van der Waals surface area contributed by atoms with Gasteiger partial charge in [0, 0.05) is 10.9 Å². The van der Waals surface area contributed by atoms with Crippen LogP contribution in [-0.4, -0.2) is 18.0 Å². The lowest BCUT2D eigenvalue weighted by atomic mass is 9.99. The van der Waals surface area contributed by atoms with Crippen molar-refractivity contribution in [1.29, 1.82) is 0 Å². The molecule has 1 N–H and O–H groups in total. The van der Waals surface area contributed by atoms with Crippen molar-refractivity contribution in [3.8, 4) is 17.0 Å². The highest BCUT2D eigenvalue weighted by molar-refractivity contribution is 6.14. The number of aromatic nitrogens is 1. The molecule has 0 saturated carbocycles. The summed E-state index contributed by atoms with van der Waals surface area (Å²) in [5.41, 5.74) is 7.14. The summed E-state index contributed by atoms with van der Waals surface area (Å²) in [5, 5.41) is 3.85. The van der Waals surface area contributed by atoms with E-state index in [9.17, 15) is 4.79 Å². The van der Waals surface area contributed by atoms with Gasteiger partial charge in [0.1, 0.15) is 5.75 Å². The van der Waals surface area contributed by atoms with Gasteiger partial charge in [-0.3, -0.25) is 4.79 Å². The first-order valence-electron chi connectivity index (χ1n) is 9.89. The van der Waals surface area contributed by atoms with Crippen molar-refractivity contribution >= 4 is 22.5 Å². The van der Waals surface area contributed by atoms with Crippen molar-refractivity contribution in [3.63, 3.8) is 0 Å². The number of anilines is 1. The van der Waals surface area contributed by atoms with Crippen LogP contribution < -0.4 is 10.1 Å². The Hall–Kier alpha value is -3.66. The van der Waals surface area contributed by atoms with Gasteiger partial charge < -0.3 is 10.1 Å². The molecule has 3 aromatic carbocycles. The monoisotopic (exact) mass is 396 g/mol. The molecule has 1 amide bonds. The molecule has 4 nitrogen and oxygen atoms in total. The molecule has 0 unspecified atom stereocenters. The van der Waals surface area contributed by atoms with Crippen LogP contribution >= 0.6 is 0 Å². The van der Waals surface area contributed by atoms with E-state index in [1.807, 2.05) is 62.4 Å². The van der Waals surface area contributed by atoms with Gasteiger partial charge in [0.25, 0.3) is 5.91 Å². The molecule has 0 fully saturated rings. The fourth-order valence-corrected chi connectivity index (χ4v) is 3.68. The molecule has 150 valence electrons. The Morgan fingerprint density at radius 1 is 0.900 bits per heavy atom. The third kappa shape index (κ3) is 3.77. The highest BCUT2D eigenvalue weighted by atomic mass is 16.5. The number of methoxy groups -OCH3 is 1. The van der Waals surface area contributed by atoms with Gasteiger partial charge in [-0.15, -0.1) is 0 Å². The van der Waals surface area contributed by atoms with E-state index in [2.05, 4.69) is 30.4 Å². The number of nitrogens with one attached hydrogen (secondary N) is 1. The summed E-state index contributed by atoms with van der Waals surface area (Å²) in [5.74, 6) is 0.431. The number of benzene rings is 3. The summed E-state index contributed by atoms with van der Waals surface area (Å²) in [4.78, 5) is 18.3. The van der Waals surface area contributed by atoms with E-state index in [1.165, 1.54) is 5.56 Å². The van der Waals surface area contributed by atoms with E-state index >= 15 is 0 Å². The number of nitrogens with zero attached hydrogens (tertiary/aromatic N) is 1. The van der Waals surface area contributed by atoms with Gasteiger partial charge in [0.15, 0.2) is 0 Å². The van der Waals surface area contributed by atoms with Crippen LogP contribution in [0.2, 0.25) is 0 Å². The number of hydrogen-bond acceptors (Lipinski definition) is 3. The lowest BCUT2D eigenvalue weighted by molar-refractivity contribution is 0.102.